The van der Waals surface area contributed by atoms with Crippen LogP contribution in [0.2, 0.25) is 0 Å². The van der Waals surface area contributed by atoms with Gasteiger partial charge in [-0.25, -0.2) is 10.6 Å². The van der Waals surface area contributed by atoms with Crippen LogP contribution >= 0.6 is 0 Å². The van der Waals surface area contributed by atoms with Crippen molar-refractivity contribution in [1.29, 1.82) is 0 Å². The Bertz CT molecular complexity index is 555. The van der Waals surface area contributed by atoms with E-state index in [4.69, 9.17) is 11.6 Å². The van der Waals surface area contributed by atoms with Crippen LogP contribution in [0.5, 0.6) is 0 Å². The van der Waals surface area contributed by atoms with Crippen LogP contribution in [0.25, 0.3) is 0 Å². The lowest BCUT2D eigenvalue weighted by atomic mass is 10.3. The molecular formula is C11H19N5O2. The molecular weight excluding hydrogens is 234 g/mol. The summed E-state index contributed by atoms with van der Waals surface area (Å²) < 4.78 is 1.33. The first-order chi connectivity index (χ1) is 8.31. The Morgan fingerprint density at radius 3 is 2.72 bits per heavy atom. The third kappa shape index (κ3) is 3.49. The molecule has 0 amide bonds. The minimum absolute atomic E-state index is 0.109. The van der Waals surface area contributed by atoms with Gasteiger partial charge >= 0.3 is 5.69 Å². The van der Waals surface area contributed by atoms with Gasteiger partial charge in [0.2, 0.25) is 0 Å². The number of rotatable bonds is 4. The van der Waals surface area contributed by atoms with Gasteiger partial charge in [0.25, 0.3) is 5.56 Å². The average Bonchev–Trinajstić information content (AvgIpc) is 2.25. The summed E-state index contributed by atoms with van der Waals surface area (Å²) in [5.41, 5.74) is 5.80. The highest BCUT2D eigenvalue weighted by Gasteiger charge is 2.04. The first-order valence-corrected chi connectivity index (χ1v) is 5.61. The zero-order valence-electron chi connectivity index (χ0n) is 10.8. The predicted molar refractivity (Wildman–Crippen MR) is 69.5 cm³/mol. The Morgan fingerprint density at radius 1 is 1.56 bits per heavy atom. The zero-order chi connectivity index (χ0) is 13.9. The molecule has 100 valence electrons. The van der Waals surface area contributed by atoms with Gasteiger partial charge in [-0.15, -0.1) is 0 Å². The van der Waals surface area contributed by atoms with Crippen LogP contribution < -0.4 is 22.8 Å². The standard InChI is InChI=1S/C11H19N5O2/c1-7(2)16(13)6-9(12)5-15-4-8(3)10(17)14-11(15)18/h4,6-7H,5,12-13H2,1-3H3,(H,14,17,18)/b9-6-. The number of nitrogens with two attached hydrogens (primary N) is 2. The molecule has 0 aliphatic carbocycles. The number of aromatic nitrogens is 2. The molecule has 0 fully saturated rings. The third-order valence-electron chi connectivity index (χ3n) is 2.45. The molecule has 0 aliphatic heterocycles. The number of hydrazine groups is 1. The Labute approximate surface area is 105 Å². The van der Waals surface area contributed by atoms with Gasteiger partial charge in [-0.2, -0.15) is 0 Å². The molecule has 0 spiro atoms. The summed E-state index contributed by atoms with van der Waals surface area (Å²) in [4.78, 5) is 24.9. The summed E-state index contributed by atoms with van der Waals surface area (Å²) in [5, 5.41) is 1.46. The van der Waals surface area contributed by atoms with Crippen LogP contribution in [0.1, 0.15) is 19.4 Å². The summed E-state index contributed by atoms with van der Waals surface area (Å²) in [5.74, 6) is 5.69. The molecule has 0 unspecified atom stereocenters. The van der Waals surface area contributed by atoms with E-state index in [0.29, 0.717) is 11.3 Å². The molecule has 0 saturated carbocycles. The van der Waals surface area contributed by atoms with E-state index < -0.39 is 5.69 Å². The Balaban J connectivity index is 2.95. The third-order valence-corrected chi connectivity index (χ3v) is 2.45. The Morgan fingerprint density at radius 2 is 2.17 bits per heavy atom. The molecule has 0 saturated heterocycles. The van der Waals surface area contributed by atoms with E-state index in [1.807, 2.05) is 13.8 Å². The van der Waals surface area contributed by atoms with Crippen LogP contribution in [0.3, 0.4) is 0 Å². The number of aryl methyl sites for hydroxylation is 1. The molecule has 1 aromatic heterocycles. The van der Waals surface area contributed by atoms with Gasteiger partial charge in [0, 0.05) is 29.7 Å². The molecule has 0 atom stereocenters. The van der Waals surface area contributed by atoms with Crippen molar-refractivity contribution in [3.05, 3.63) is 44.5 Å². The highest BCUT2D eigenvalue weighted by atomic mass is 16.2. The summed E-state index contributed by atoms with van der Waals surface area (Å²) in [6.45, 7) is 5.63. The van der Waals surface area contributed by atoms with E-state index in [1.54, 1.807) is 13.1 Å². The Kier molecular flexibility index (Phi) is 4.33. The summed E-state index contributed by atoms with van der Waals surface area (Å²) in [6, 6.07) is 0.109. The topological polar surface area (TPSA) is 110 Å². The summed E-state index contributed by atoms with van der Waals surface area (Å²) >= 11 is 0. The van der Waals surface area contributed by atoms with Crippen LogP contribution in [-0.4, -0.2) is 20.6 Å². The number of hydrogen-bond acceptors (Lipinski definition) is 5. The van der Waals surface area contributed by atoms with E-state index in [0.717, 1.165) is 0 Å². The maximum Gasteiger partial charge on any atom is 0.328 e. The van der Waals surface area contributed by atoms with Gasteiger partial charge in [0.05, 0.1) is 6.54 Å². The molecule has 7 heteroatoms. The fraction of sp³-hybridized carbons (Fsp3) is 0.455. The second-order valence-electron chi connectivity index (χ2n) is 4.44. The fourth-order valence-electron chi connectivity index (χ4n) is 1.31. The van der Waals surface area contributed by atoms with Crippen molar-refractivity contribution >= 4 is 0 Å². The first kappa shape index (κ1) is 14.0. The van der Waals surface area contributed by atoms with Crippen LogP contribution in [-0.2, 0) is 6.54 Å². The van der Waals surface area contributed by atoms with Crippen molar-refractivity contribution in [2.75, 3.05) is 0 Å². The van der Waals surface area contributed by atoms with Crippen LogP contribution in [0.15, 0.2) is 27.7 Å². The van der Waals surface area contributed by atoms with Crippen LogP contribution in [0, 0.1) is 6.92 Å². The average molecular weight is 253 g/mol. The molecule has 0 radical (unpaired) electrons. The normalized spacial score (nSPS) is 11.9. The molecule has 5 N–H and O–H groups in total. The molecule has 1 rings (SSSR count). The first-order valence-electron chi connectivity index (χ1n) is 5.61. The van der Waals surface area contributed by atoms with Crippen molar-refractivity contribution in [3.63, 3.8) is 0 Å². The van der Waals surface area contributed by atoms with E-state index in [1.165, 1.54) is 15.8 Å². The zero-order valence-corrected chi connectivity index (χ0v) is 10.8. The minimum atomic E-state index is -0.491. The number of H-pyrrole nitrogens is 1. The molecule has 7 nitrogen and oxygen atoms in total. The van der Waals surface area contributed by atoms with Crippen molar-refractivity contribution in [1.82, 2.24) is 14.6 Å². The number of hydrogen-bond donors (Lipinski definition) is 3. The van der Waals surface area contributed by atoms with E-state index in [2.05, 4.69) is 4.98 Å². The highest BCUT2D eigenvalue weighted by Crippen LogP contribution is 1.96. The van der Waals surface area contributed by atoms with Gasteiger partial charge < -0.3 is 10.7 Å². The molecule has 0 bridgehead atoms. The summed E-state index contributed by atoms with van der Waals surface area (Å²) in [7, 11) is 0. The lowest BCUT2D eigenvalue weighted by Gasteiger charge is -2.19. The number of allylic oxidation sites excluding steroid dienone is 1. The van der Waals surface area contributed by atoms with E-state index in [-0.39, 0.29) is 18.1 Å². The summed E-state index contributed by atoms with van der Waals surface area (Å²) in [6.07, 6.45) is 3.04. The molecule has 1 heterocycles. The van der Waals surface area contributed by atoms with Gasteiger partial charge in [0.15, 0.2) is 0 Å². The SMILES string of the molecule is Cc1cn(C/C(N)=C/N(N)C(C)C)c(=O)[nH]c1=O. The second kappa shape index (κ2) is 5.54. The maximum atomic E-state index is 11.5. The number of aromatic amines is 1. The monoisotopic (exact) mass is 253 g/mol. The molecule has 1 aromatic rings. The molecule has 18 heavy (non-hydrogen) atoms. The maximum absolute atomic E-state index is 11.5. The highest BCUT2D eigenvalue weighted by molar-refractivity contribution is 5.04. The Hall–Kier alpha value is -2.02. The lowest BCUT2D eigenvalue weighted by molar-refractivity contribution is 0.318. The van der Waals surface area contributed by atoms with Crippen molar-refractivity contribution in [2.45, 2.75) is 33.4 Å². The fourth-order valence-corrected chi connectivity index (χ4v) is 1.31. The number of nitrogens with one attached hydrogen (secondary N) is 1. The van der Waals surface area contributed by atoms with Crippen molar-refractivity contribution in [2.24, 2.45) is 11.6 Å². The predicted octanol–water partition coefficient (Wildman–Crippen LogP) is -0.771. The van der Waals surface area contributed by atoms with Crippen molar-refractivity contribution in [3.8, 4) is 0 Å². The van der Waals surface area contributed by atoms with Gasteiger partial charge in [-0.3, -0.25) is 14.3 Å². The smallest absolute Gasteiger partial charge is 0.328 e. The van der Waals surface area contributed by atoms with E-state index in [9.17, 15) is 9.59 Å². The molecule has 0 aromatic carbocycles. The van der Waals surface area contributed by atoms with Gasteiger partial charge in [-0.05, 0) is 20.8 Å². The van der Waals surface area contributed by atoms with E-state index >= 15 is 0 Å². The van der Waals surface area contributed by atoms with Crippen LogP contribution in [0.4, 0.5) is 0 Å². The molecule has 0 aliphatic rings. The van der Waals surface area contributed by atoms with Gasteiger partial charge in [-0.1, -0.05) is 0 Å². The quantitative estimate of drug-likeness (QED) is 0.482. The van der Waals surface area contributed by atoms with Gasteiger partial charge in [0.1, 0.15) is 0 Å². The number of nitrogens with zero attached hydrogens (tertiary/aromatic N) is 2. The largest absolute Gasteiger partial charge is 0.399 e. The van der Waals surface area contributed by atoms with Crippen molar-refractivity contribution < 1.29 is 0 Å². The minimum Gasteiger partial charge on any atom is -0.399 e. The second-order valence-corrected chi connectivity index (χ2v) is 4.44. The lowest BCUT2D eigenvalue weighted by Crippen LogP contribution is -2.35.